The van der Waals surface area contributed by atoms with E-state index in [0.29, 0.717) is 0 Å². The molecule has 1 heterocycles. The molecule has 212 valence electrons. The number of aliphatic hydroxyl groups is 3. The van der Waals surface area contributed by atoms with Gasteiger partial charge in [0.15, 0.2) is 5.92 Å². The van der Waals surface area contributed by atoms with Gasteiger partial charge in [-0.1, -0.05) is 60.7 Å². The standard InChI is InChI=1S/C28H35NO10/c1-36-17-22-25(32)26(33)24(31)21(39-22)14-29-23(30)13-12-20(27(34)37-15-18-8-4-2-5-9-18)28(35)38-16-19-10-6-3-7-11-19/h2-11,20-22,24-26,31-33H,12-17H2,1H3,(H,29,30). The van der Waals surface area contributed by atoms with Gasteiger partial charge in [-0.3, -0.25) is 14.4 Å². The van der Waals surface area contributed by atoms with Gasteiger partial charge in [0.2, 0.25) is 5.91 Å². The lowest BCUT2D eigenvalue weighted by Crippen LogP contribution is -2.61. The van der Waals surface area contributed by atoms with Gasteiger partial charge in [0.25, 0.3) is 0 Å². The molecule has 11 nitrogen and oxygen atoms in total. The number of amides is 1. The largest absolute Gasteiger partial charge is 0.460 e. The maximum absolute atomic E-state index is 12.8. The van der Waals surface area contributed by atoms with Crippen LogP contribution in [0.25, 0.3) is 0 Å². The molecule has 1 fully saturated rings. The smallest absolute Gasteiger partial charge is 0.320 e. The van der Waals surface area contributed by atoms with Crippen LogP contribution in [-0.4, -0.2) is 83.9 Å². The third-order valence-corrected chi connectivity index (χ3v) is 6.32. The zero-order valence-corrected chi connectivity index (χ0v) is 21.7. The van der Waals surface area contributed by atoms with Crippen LogP contribution < -0.4 is 5.32 Å². The minimum atomic E-state index is -1.48. The Balaban J connectivity index is 1.56. The van der Waals surface area contributed by atoms with Gasteiger partial charge >= 0.3 is 11.9 Å². The predicted octanol–water partition coefficient (Wildman–Crippen LogP) is 0.482. The van der Waals surface area contributed by atoms with Crippen LogP contribution >= 0.6 is 0 Å². The molecule has 0 spiro atoms. The molecule has 0 bridgehead atoms. The number of carbonyl (C=O) groups excluding carboxylic acids is 3. The number of esters is 2. The first kappa shape index (κ1) is 30.2. The summed E-state index contributed by atoms with van der Waals surface area (Å²) in [5.74, 6) is -3.47. The maximum Gasteiger partial charge on any atom is 0.320 e. The summed E-state index contributed by atoms with van der Waals surface area (Å²) in [4.78, 5) is 38.2. The molecule has 1 saturated heterocycles. The molecule has 0 aromatic heterocycles. The van der Waals surface area contributed by atoms with Gasteiger partial charge in [-0.05, 0) is 17.5 Å². The van der Waals surface area contributed by atoms with Crippen molar-refractivity contribution in [3.63, 3.8) is 0 Å². The molecule has 39 heavy (non-hydrogen) atoms. The second-order valence-electron chi connectivity index (χ2n) is 9.22. The Morgan fingerprint density at radius 2 is 1.33 bits per heavy atom. The van der Waals surface area contributed by atoms with Crippen molar-refractivity contribution < 1.29 is 48.7 Å². The van der Waals surface area contributed by atoms with Crippen molar-refractivity contribution in [1.29, 1.82) is 0 Å². The summed E-state index contributed by atoms with van der Waals surface area (Å²) in [6.45, 7) is -0.275. The highest BCUT2D eigenvalue weighted by Crippen LogP contribution is 2.21. The minimum Gasteiger partial charge on any atom is -0.460 e. The summed E-state index contributed by atoms with van der Waals surface area (Å²) in [5.41, 5.74) is 1.48. The zero-order chi connectivity index (χ0) is 28.2. The van der Waals surface area contributed by atoms with Gasteiger partial charge < -0.3 is 39.6 Å². The summed E-state index contributed by atoms with van der Waals surface area (Å²) in [6, 6.07) is 17.9. The number of ether oxygens (including phenoxy) is 4. The van der Waals surface area contributed by atoms with Crippen molar-refractivity contribution in [3.05, 3.63) is 71.8 Å². The van der Waals surface area contributed by atoms with Gasteiger partial charge in [0.05, 0.1) is 6.61 Å². The van der Waals surface area contributed by atoms with E-state index >= 15 is 0 Å². The third kappa shape index (κ3) is 9.12. The molecule has 1 aliphatic heterocycles. The van der Waals surface area contributed by atoms with Crippen LogP contribution in [0.1, 0.15) is 24.0 Å². The molecule has 11 heteroatoms. The van der Waals surface area contributed by atoms with Gasteiger partial charge in [-0.15, -0.1) is 0 Å². The predicted molar refractivity (Wildman–Crippen MR) is 137 cm³/mol. The fraction of sp³-hybridized carbons (Fsp3) is 0.464. The van der Waals surface area contributed by atoms with Crippen LogP contribution in [0.5, 0.6) is 0 Å². The first-order chi connectivity index (χ1) is 18.8. The van der Waals surface area contributed by atoms with E-state index in [0.717, 1.165) is 11.1 Å². The quantitative estimate of drug-likeness (QED) is 0.206. The normalized spacial score (nSPS) is 22.7. The molecular weight excluding hydrogens is 510 g/mol. The molecule has 2 aromatic rings. The van der Waals surface area contributed by atoms with Crippen LogP contribution in [0, 0.1) is 5.92 Å². The average molecular weight is 546 g/mol. The Morgan fingerprint density at radius 1 is 0.821 bits per heavy atom. The van der Waals surface area contributed by atoms with E-state index < -0.39 is 54.3 Å². The lowest BCUT2D eigenvalue weighted by Gasteiger charge is -2.40. The number of rotatable bonds is 13. The molecule has 0 radical (unpaired) electrons. The monoisotopic (exact) mass is 545 g/mol. The van der Waals surface area contributed by atoms with Crippen molar-refractivity contribution >= 4 is 17.8 Å². The van der Waals surface area contributed by atoms with E-state index in [4.69, 9.17) is 18.9 Å². The van der Waals surface area contributed by atoms with Crippen molar-refractivity contribution in [2.24, 2.45) is 5.92 Å². The van der Waals surface area contributed by atoms with Crippen LogP contribution in [0.4, 0.5) is 0 Å². The molecule has 3 rings (SSSR count). The maximum atomic E-state index is 12.8. The number of nitrogens with one attached hydrogen (secondary N) is 1. The van der Waals surface area contributed by atoms with Crippen molar-refractivity contribution in [2.75, 3.05) is 20.3 Å². The zero-order valence-electron chi connectivity index (χ0n) is 21.7. The Hall–Kier alpha value is -3.35. The Kier molecular flexibility index (Phi) is 11.8. The molecule has 0 saturated carbocycles. The van der Waals surface area contributed by atoms with Crippen molar-refractivity contribution in [2.45, 2.75) is 56.6 Å². The highest BCUT2D eigenvalue weighted by atomic mass is 16.6. The molecule has 4 N–H and O–H groups in total. The van der Waals surface area contributed by atoms with Crippen LogP contribution in [0.2, 0.25) is 0 Å². The fourth-order valence-corrected chi connectivity index (χ4v) is 4.07. The highest BCUT2D eigenvalue weighted by molar-refractivity contribution is 5.95. The minimum absolute atomic E-state index is 0.0206. The van der Waals surface area contributed by atoms with Gasteiger partial charge in [-0.2, -0.15) is 0 Å². The molecule has 5 atom stereocenters. The Labute approximate surface area is 226 Å². The van der Waals surface area contributed by atoms with E-state index in [-0.39, 0.29) is 39.2 Å². The summed E-state index contributed by atoms with van der Waals surface area (Å²) in [7, 11) is 1.40. The summed E-state index contributed by atoms with van der Waals surface area (Å²) >= 11 is 0. The van der Waals surface area contributed by atoms with Gasteiger partial charge in [0.1, 0.15) is 43.7 Å². The van der Waals surface area contributed by atoms with Crippen LogP contribution in [0.3, 0.4) is 0 Å². The highest BCUT2D eigenvalue weighted by Gasteiger charge is 2.43. The molecule has 1 amide bonds. The van der Waals surface area contributed by atoms with E-state index in [1.807, 2.05) is 12.1 Å². The first-order valence-electron chi connectivity index (χ1n) is 12.7. The summed E-state index contributed by atoms with van der Waals surface area (Å²) in [5, 5.41) is 32.9. The molecule has 1 aliphatic rings. The number of carbonyl (C=O) groups is 3. The molecule has 2 aromatic carbocycles. The van der Waals surface area contributed by atoms with Gasteiger partial charge in [0, 0.05) is 20.1 Å². The van der Waals surface area contributed by atoms with E-state index in [1.165, 1.54) is 7.11 Å². The molecule has 5 unspecified atom stereocenters. The Morgan fingerprint density at radius 3 is 1.85 bits per heavy atom. The van der Waals surface area contributed by atoms with Crippen LogP contribution in [0.15, 0.2) is 60.7 Å². The van der Waals surface area contributed by atoms with Crippen LogP contribution in [-0.2, 0) is 46.5 Å². The number of aliphatic hydroxyl groups excluding tert-OH is 3. The lowest BCUT2D eigenvalue weighted by atomic mass is 9.95. The third-order valence-electron chi connectivity index (χ3n) is 6.32. The SMILES string of the molecule is COCC1OC(CNC(=O)CCC(C(=O)OCc2ccccc2)C(=O)OCc2ccccc2)C(O)C(O)C1O. The second-order valence-corrected chi connectivity index (χ2v) is 9.22. The summed E-state index contributed by atoms with van der Waals surface area (Å²) < 4.78 is 21.2. The average Bonchev–Trinajstić information content (AvgIpc) is 2.95. The number of benzene rings is 2. The lowest BCUT2D eigenvalue weighted by molar-refractivity contribution is -0.229. The number of hydrogen-bond donors (Lipinski definition) is 4. The van der Waals surface area contributed by atoms with E-state index in [1.54, 1.807) is 48.5 Å². The van der Waals surface area contributed by atoms with Gasteiger partial charge in [-0.25, -0.2) is 0 Å². The fourth-order valence-electron chi connectivity index (χ4n) is 4.07. The van der Waals surface area contributed by atoms with E-state index in [9.17, 15) is 29.7 Å². The van der Waals surface area contributed by atoms with E-state index in [2.05, 4.69) is 5.32 Å². The van der Waals surface area contributed by atoms with Crippen molar-refractivity contribution in [1.82, 2.24) is 5.32 Å². The molecule has 0 aliphatic carbocycles. The Bertz CT molecular complexity index is 995. The molecular formula is C28H35NO10. The second kappa shape index (κ2) is 15.3. The number of hydrogen-bond acceptors (Lipinski definition) is 10. The first-order valence-corrected chi connectivity index (χ1v) is 12.7. The summed E-state index contributed by atoms with van der Waals surface area (Å²) in [6.07, 6.45) is -6.56. The topological polar surface area (TPSA) is 161 Å². The number of methoxy groups -OCH3 is 1. The van der Waals surface area contributed by atoms with Crippen molar-refractivity contribution in [3.8, 4) is 0 Å².